The number of hydrogen-bond donors (Lipinski definition) is 0. The number of halogens is 7. The maximum absolute atomic E-state index is 10.7. The largest absolute Gasteiger partial charge is 1.00 e. The van der Waals surface area contributed by atoms with E-state index in [0.717, 1.165) is 67.6 Å². The van der Waals surface area contributed by atoms with Gasteiger partial charge in [-0.3, -0.25) is 0 Å². The Labute approximate surface area is 369 Å². The van der Waals surface area contributed by atoms with Gasteiger partial charge in [0.15, 0.2) is 6.29 Å². The van der Waals surface area contributed by atoms with Gasteiger partial charge in [-0.05, 0) is 109 Å². The molecule has 7 aromatic rings. The second kappa shape index (κ2) is 18.7. The zero-order valence-corrected chi connectivity index (χ0v) is 37.8. The minimum atomic E-state index is -10.7. The molecule has 3 aliphatic rings. The van der Waals surface area contributed by atoms with Crippen molar-refractivity contribution in [3.05, 3.63) is 140 Å². The van der Waals surface area contributed by atoms with Crippen molar-refractivity contribution in [3.63, 3.8) is 0 Å². The Hall–Kier alpha value is -4.26. The summed E-state index contributed by atoms with van der Waals surface area (Å²) >= 11 is 0. The maximum atomic E-state index is 9.87. The van der Waals surface area contributed by atoms with Crippen molar-refractivity contribution >= 4 is 61.0 Å². The first-order valence-corrected chi connectivity index (χ1v) is 26.3. The Balaban J connectivity index is 0.000000163. The van der Waals surface area contributed by atoms with Crippen LogP contribution in [0.4, 0.5) is 25.2 Å². The molecule has 0 aliphatic carbocycles. The third-order valence-electron chi connectivity index (χ3n) is 11.2. The Morgan fingerprint density at radius 3 is 1.21 bits per heavy atom. The average molecular weight is 950 g/mol. The molecule has 0 saturated carbocycles. The van der Waals surface area contributed by atoms with Crippen LogP contribution in [-0.4, -0.2) is 83.4 Å². The van der Waals surface area contributed by atoms with E-state index in [9.17, 15) is 25.2 Å². The van der Waals surface area contributed by atoms with Gasteiger partial charge in [0.25, 0.3) is 0 Å². The van der Waals surface area contributed by atoms with Crippen molar-refractivity contribution in [1.29, 1.82) is 0 Å². The van der Waals surface area contributed by atoms with E-state index in [4.69, 9.17) is 4.62 Å². The van der Waals surface area contributed by atoms with Crippen LogP contribution in [0, 0.1) is 0 Å². The molecule has 20 heteroatoms. The number of benzene rings is 5. The second-order valence-electron chi connectivity index (χ2n) is 15.5. The van der Waals surface area contributed by atoms with Gasteiger partial charge in [0.05, 0.1) is 5.52 Å². The van der Waals surface area contributed by atoms with Crippen LogP contribution in [0.15, 0.2) is 140 Å². The molecule has 63 heavy (non-hydrogen) atoms. The number of nitrogens with zero attached hydrogens (tertiary/aromatic N) is 9. The zero-order valence-electron chi connectivity index (χ0n) is 34.4. The van der Waals surface area contributed by atoms with Gasteiger partial charge in [-0.15, -0.1) is 24.2 Å². The fourth-order valence-electron chi connectivity index (χ4n) is 8.55. The number of fused-ring (bicyclic) bond motifs is 2. The van der Waals surface area contributed by atoms with Gasteiger partial charge in [-0.1, -0.05) is 84.1 Å². The Kier molecular flexibility index (Phi) is 13.9. The third kappa shape index (κ3) is 11.2. The molecule has 0 bridgehead atoms. The molecule has 0 radical (unpaired) electrons. The molecular weight excluding hydrogens is 901 g/mol. The quantitative estimate of drug-likeness (QED) is 0.103. The zero-order chi connectivity index (χ0) is 43.3. The Morgan fingerprint density at radius 1 is 0.460 bits per heavy atom. The summed E-state index contributed by atoms with van der Waals surface area (Å²) in [5.41, 5.74) is 3.86. The average Bonchev–Trinajstić information content (AvgIpc) is 4.14. The van der Waals surface area contributed by atoms with E-state index in [1.165, 1.54) is 54.4 Å². The molecule has 0 amide bonds. The van der Waals surface area contributed by atoms with Gasteiger partial charge in [-0.2, -0.15) is 4.62 Å². The van der Waals surface area contributed by atoms with Gasteiger partial charge < -0.3 is 12.4 Å². The summed E-state index contributed by atoms with van der Waals surface area (Å²) in [5.74, 6) is 0. The van der Waals surface area contributed by atoms with Crippen LogP contribution in [0.1, 0.15) is 38.5 Å². The van der Waals surface area contributed by atoms with Gasteiger partial charge in [-0.25, -0.2) is 4.68 Å². The van der Waals surface area contributed by atoms with E-state index >= 15 is 0 Å². The fraction of sp³-hybridized carbons (Fsp3) is 0.302. The predicted molar refractivity (Wildman–Crippen MR) is 240 cm³/mol. The first-order valence-electron chi connectivity index (χ1n) is 20.8. The molecule has 0 unspecified atom stereocenters. The number of hydrogen-bond acceptors (Lipinski definition) is 8. The summed E-state index contributed by atoms with van der Waals surface area (Å²) in [4.78, 5) is 1.72. The van der Waals surface area contributed by atoms with Crippen molar-refractivity contribution in [2.75, 3.05) is 39.3 Å². The van der Waals surface area contributed by atoms with E-state index in [1.54, 1.807) is 4.85 Å². The first-order chi connectivity index (χ1) is 29.7. The van der Waals surface area contributed by atoms with Crippen LogP contribution in [-0.2, 0) is 6.29 Å². The topological polar surface area (TPSA) is 80.4 Å². The summed E-state index contributed by atoms with van der Waals surface area (Å²) in [6, 6.07) is 48.9. The molecule has 3 saturated heterocycles. The van der Waals surface area contributed by atoms with Gasteiger partial charge >= 0.3 is 40.9 Å². The van der Waals surface area contributed by atoms with Gasteiger partial charge in [0.2, 0.25) is 0 Å². The molecule has 5 aromatic carbocycles. The van der Waals surface area contributed by atoms with Crippen molar-refractivity contribution in [3.8, 4) is 0 Å². The van der Waals surface area contributed by atoms with Crippen LogP contribution in [0.25, 0.3) is 22.1 Å². The minimum Gasteiger partial charge on any atom is -1.00 e. The molecule has 0 N–H and O–H groups in total. The molecule has 3 fully saturated rings. The Morgan fingerprint density at radius 2 is 0.794 bits per heavy atom. The van der Waals surface area contributed by atoms with E-state index in [2.05, 4.69) is 149 Å². The molecule has 5 heterocycles. The molecule has 336 valence electrons. The van der Waals surface area contributed by atoms with E-state index < -0.39 is 23.0 Å². The maximum Gasteiger partial charge on any atom is 0.451 e. The normalized spacial score (nSPS) is 17.6. The summed E-state index contributed by atoms with van der Waals surface area (Å²) in [5, 5.41) is 21.7. The molecule has 3 aliphatic heterocycles. The molecule has 2 aromatic heterocycles. The number of aromatic nitrogens is 6. The summed E-state index contributed by atoms with van der Waals surface area (Å²) in [6.07, 6.45) is 8.38. The molecule has 10 nitrogen and oxygen atoms in total. The summed E-state index contributed by atoms with van der Waals surface area (Å²) in [6.45, 7) is 6.79. The fourth-order valence-corrected chi connectivity index (χ4v) is 16.7. The number of para-hydroxylation sites is 2. The van der Waals surface area contributed by atoms with E-state index in [-0.39, 0.29) is 12.4 Å². The van der Waals surface area contributed by atoms with Crippen molar-refractivity contribution < 1.29 is 42.2 Å². The molecule has 0 spiro atoms. The van der Waals surface area contributed by atoms with Crippen LogP contribution in [0.5, 0.6) is 0 Å². The predicted octanol–water partition coefficient (Wildman–Crippen LogP) is 7.59. The molecular formula is C43H49ClF6N9OP3. The minimum absolute atomic E-state index is 0. The SMILES string of the molecule is F[P-](F)(F)(F)(F)F.[Cl-].c1ccc([P+](Cn2nnc3ccccc32)(c2ccccc2)c2ccccc2)cc1.c1ccc2c(c1)nnn2O[P+](N1CCCC1)(N1CCCC1)N1CCCC1. The van der Waals surface area contributed by atoms with Crippen molar-refractivity contribution in [1.82, 2.24) is 44.2 Å². The van der Waals surface area contributed by atoms with Crippen molar-refractivity contribution in [2.24, 2.45) is 0 Å². The van der Waals surface area contributed by atoms with Crippen LogP contribution in [0.2, 0.25) is 0 Å². The van der Waals surface area contributed by atoms with Crippen LogP contribution < -0.4 is 32.9 Å². The third-order valence-corrected chi connectivity index (χ3v) is 19.2. The Bertz CT molecular complexity index is 2400. The molecule has 0 atom stereocenters. The summed E-state index contributed by atoms with van der Waals surface area (Å²) in [7, 11) is -14.7. The smallest absolute Gasteiger partial charge is 0.451 e. The second-order valence-corrected chi connectivity index (χ2v) is 23.8. The van der Waals surface area contributed by atoms with Crippen LogP contribution in [0.3, 0.4) is 0 Å². The van der Waals surface area contributed by atoms with Crippen LogP contribution >= 0.6 is 23.0 Å². The number of rotatable bonds is 10. The van der Waals surface area contributed by atoms with E-state index in [1.807, 2.05) is 30.3 Å². The van der Waals surface area contributed by atoms with E-state index in [0.29, 0.717) is 0 Å². The first kappa shape index (κ1) is 46.7. The monoisotopic (exact) mass is 949 g/mol. The molecule has 10 rings (SSSR count). The van der Waals surface area contributed by atoms with Gasteiger partial charge in [0, 0.05) is 39.3 Å². The van der Waals surface area contributed by atoms with Gasteiger partial charge in [0.1, 0.15) is 39.7 Å². The standard InChI is InChI=1S/C25H21N3P.C18H28N6OP.ClH.F6P/c1-4-12-21(13-5-1)29(22-14-6-2-7-15-22,23-16-8-3-9-17-23)20-28-25-19-11-10-18-24(25)26-27-28;1-2-10-18-17(9-1)19-20-24(18)25-26(21-11-3-4-12-21,22-13-5-6-14-22)23-15-7-8-16-23;;1-7(2,3,4,5)6/h1-19H,20H2;1-2,9-10H,3-8,11-16H2;1H;/q2*+1;;-1/p-1. The van der Waals surface area contributed by atoms with Crippen molar-refractivity contribution in [2.45, 2.75) is 44.8 Å². The summed E-state index contributed by atoms with van der Waals surface area (Å²) < 4.78 is 76.2.